The average Bonchev–Trinajstić information content (AvgIpc) is 2.69. The Morgan fingerprint density at radius 2 is 1.83 bits per heavy atom. The highest BCUT2D eigenvalue weighted by atomic mass is 16.2. The molecule has 0 unspecified atom stereocenters. The van der Waals surface area contributed by atoms with E-state index in [1.165, 1.54) is 0 Å². The molecule has 1 amide bonds. The molecule has 18 heavy (non-hydrogen) atoms. The van der Waals surface area contributed by atoms with E-state index in [1.807, 2.05) is 32.9 Å². The van der Waals surface area contributed by atoms with Crippen molar-refractivity contribution in [3.8, 4) is 0 Å². The van der Waals surface area contributed by atoms with Gasteiger partial charge >= 0.3 is 0 Å². The van der Waals surface area contributed by atoms with Crippen molar-refractivity contribution >= 4 is 17.4 Å². The number of amides is 1. The number of H-pyrrole nitrogens is 1. The van der Waals surface area contributed by atoms with Crippen LogP contribution in [0.25, 0.3) is 0 Å². The number of hydrogen-bond acceptors (Lipinski definition) is 4. The van der Waals surface area contributed by atoms with Crippen molar-refractivity contribution < 1.29 is 4.79 Å². The Hall–Kier alpha value is -2.37. The van der Waals surface area contributed by atoms with Crippen molar-refractivity contribution in [3.63, 3.8) is 0 Å². The number of carbonyl (C=O) groups excluding carboxylic acids is 1. The molecule has 6 nitrogen and oxygen atoms in total. The number of hydrogen-bond donors (Lipinski definition) is 3. The topological polar surface area (TPSA) is 96.7 Å². The summed E-state index contributed by atoms with van der Waals surface area (Å²) in [5, 5.41) is 12.5. The van der Waals surface area contributed by atoms with Crippen LogP contribution in [0.15, 0.2) is 12.1 Å². The predicted octanol–water partition coefficient (Wildman–Crippen LogP) is 1.56. The fourth-order valence-corrected chi connectivity index (χ4v) is 1.96. The zero-order chi connectivity index (χ0) is 13.3. The summed E-state index contributed by atoms with van der Waals surface area (Å²) in [7, 11) is 0. The molecule has 0 saturated heterocycles. The third-order valence-electron chi connectivity index (χ3n) is 2.71. The second-order valence-electron chi connectivity index (χ2n) is 4.29. The summed E-state index contributed by atoms with van der Waals surface area (Å²) in [6.07, 6.45) is 0. The van der Waals surface area contributed by atoms with E-state index >= 15 is 0 Å². The largest absolute Gasteiger partial charge is 0.380 e. The van der Waals surface area contributed by atoms with Crippen molar-refractivity contribution in [1.82, 2.24) is 15.4 Å². The molecule has 0 saturated carbocycles. The molecule has 0 aliphatic heterocycles. The average molecular weight is 245 g/mol. The highest BCUT2D eigenvalue weighted by molar-refractivity contribution is 6.06. The number of benzene rings is 1. The molecular weight excluding hydrogens is 230 g/mol. The quantitative estimate of drug-likeness (QED) is 0.748. The number of anilines is 2. The minimum atomic E-state index is -0.365. The van der Waals surface area contributed by atoms with Gasteiger partial charge in [0.1, 0.15) is 0 Å². The van der Waals surface area contributed by atoms with Crippen LogP contribution in [0.3, 0.4) is 0 Å². The van der Waals surface area contributed by atoms with E-state index in [0.717, 1.165) is 22.4 Å². The Labute approximate surface area is 105 Å². The SMILES string of the molecule is Cc1cc(C)c(NC(=O)c2n[nH]nc2N)c(C)c1. The summed E-state index contributed by atoms with van der Waals surface area (Å²) in [6, 6.07) is 4.02. The molecule has 2 aromatic rings. The van der Waals surface area contributed by atoms with Crippen LogP contribution in [-0.2, 0) is 0 Å². The smallest absolute Gasteiger partial charge is 0.280 e. The number of nitrogens with zero attached hydrogens (tertiary/aromatic N) is 2. The molecule has 1 heterocycles. The Kier molecular flexibility index (Phi) is 3.01. The molecule has 2 rings (SSSR count). The minimum Gasteiger partial charge on any atom is -0.380 e. The number of aromatic nitrogens is 3. The van der Waals surface area contributed by atoms with Crippen molar-refractivity contribution in [2.24, 2.45) is 0 Å². The first-order chi connectivity index (χ1) is 8.49. The Balaban J connectivity index is 2.31. The van der Waals surface area contributed by atoms with Crippen molar-refractivity contribution in [1.29, 1.82) is 0 Å². The number of nitrogen functional groups attached to an aromatic ring is 1. The van der Waals surface area contributed by atoms with Gasteiger partial charge in [-0.05, 0) is 31.9 Å². The van der Waals surface area contributed by atoms with Crippen LogP contribution >= 0.6 is 0 Å². The van der Waals surface area contributed by atoms with E-state index in [1.54, 1.807) is 0 Å². The first kappa shape index (κ1) is 12.1. The number of aryl methyl sites for hydroxylation is 3. The molecule has 0 bridgehead atoms. The molecule has 0 fully saturated rings. The zero-order valence-electron chi connectivity index (χ0n) is 10.5. The maximum absolute atomic E-state index is 12.0. The Morgan fingerprint density at radius 3 is 2.33 bits per heavy atom. The third-order valence-corrected chi connectivity index (χ3v) is 2.71. The second kappa shape index (κ2) is 4.48. The lowest BCUT2D eigenvalue weighted by molar-refractivity contribution is 0.102. The van der Waals surface area contributed by atoms with Crippen LogP contribution in [0.1, 0.15) is 27.2 Å². The summed E-state index contributed by atoms with van der Waals surface area (Å²) < 4.78 is 0. The Morgan fingerprint density at radius 1 is 1.22 bits per heavy atom. The van der Waals surface area contributed by atoms with Gasteiger partial charge in [0, 0.05) is 5.69 Å². The van der Waals surface area contributed by atoms with Crippen LogP contribution in [0, 0.1) is 20.8 Å². The molecule has 1 aromatic carbocycles. The summed E-state index contributed by atoms with van der Waals surface area (Å²) in [4.78, 5) is 12.0. The second-order valence-corrected chi connectivity index (χ2v) is 4.29. The van der Waals surface area contributed by atoms with E-state index in [0.29, 0.717) is 0 Å². The normalized spacial score (nSPS) is 10.4. The van der Waals surface area contributed by atoms with Gasteiger partial charge in [-0.1, -0.05) is 17.7 Å². The van der Waals surface area contributed by atoms with Gasteiger partial charge in [0.2, 0.25) is 0 Å². The first-order valence-electron chi connectivity index (χ1n) is 5.54. The maximum atomic E-state index is 12.0. The van der Waals surface area contributed by atoms with Crippen LogP contribution < -0.4 is 11.1 Å². The number of rotatable bonds is 2. The van der Waals surface area contributed by atoms with E-state index in [-0.39, 0.29) is 17.4 Å². The van der Waals surface area contributed by atoms with Gasteiger partial charge in [0.15, 0.2) is 11.5 Å². The van der Waals surface area contributed by atoms with Crippen molar-refractivity contribution in [2.75, 3.05) is 11.1 Å². The molecule has 94 valence electrons. The van der Waals surface area contributed by atoms with Crippen molar-refractivity contribution in [3.05, 3.63) is 34.5 Å². The number of nitrogens with one attached hydrogen (secondary N) is 2. The lowest BCUT2D eigenvalue weighted by Gasteiger charge is -2.11. The lowest BCUT2D eigenvalue weighted by atomic mass is 10.1. The molecule has 0 atom stereocenters. The number of carbonyl (C=O) groups is 1. The maximum Gasteiger partial charge on any atom is 0.280 e. The molecule has 0 spiro atoms. The monoisotopic (exact) mass is 245 g/mol. The van der Waals surface area contributed by atoms with E-state index in [4.69, 9.17) is 5.73 Å². The summed E-state index contributed by atoms with van der Waals surface area (Å²) in [6.45, 7) is 5.91. The number of aromatic amines is 1. The molecule has 0 radical (unpaired) electrons. The fourth-order valence-electron chi connectivity index (χ4n) is 1.96. The van der Waals surface area contributed by atoms with Gasteiger partial charge in [-0.25, -0.2) is 0 Å². The zero-order valence-corrected chi connectivity index (χ0v) is 10.5. The molecule has 4 N–H and O–H groups in total. The lowest BCUT2D eigenvalue weighted by Crippen LogP contribution is -2.16. The minimum absolute atomic E-state index is 0.0925. The highest BCUT2D eigenvalue weighted by Crippen LogP contribution is 2.22. The standard InChI is InChI=1S/C12H15N5O/c1-6-4-7(2)9(8(3)5-6)14-12(18)10-11(13)16-17-15-10/h4-5H,1-3H3,(H,14,18)(H3,13,15,16,17). The molecule has 0 aliphatic rings. The van der Waals surface area contributed by atoms with Crippen LogP contribution in [0.2, 0.25) is 0 Å². The van der Waals surface area contributed by atoms with E-state index in [9.17, 15) is 4.79 Å². The highest BCUT2D eigenvalue weighted by Gasteiger charge is 2.16. The Bertz CT molecular complexity index is 579. The third kappa shape index (κ3) is 2.17. The number of nitrogens with two attached hydrogens (primary N) is 1. The van der Waals surface area contributed by atoms with E-state index < -0.39 is 0 Å². The van der Waals surface area contributed by atoms with Crippen LogP contribution in [0.5, 0.6) is 0 Å². The van der Waals surface area contributed by atoms with Crippen LogP contribution in [0.4, 0.5) is 11.5 Å². The fraction of sp³-hybridized carbons (Fsp3) is 0.250. The predicted molar refractivity (Wildman–Crippen MR) is 69.4 cm³/mol. The molecule has 0 aliphatic carbocycles. The van der Waals surface area contributed by atoms with Gasteiger partial charge in [-0.2, -0.15) is 5.21 Å². The van der Waals surface area contributed by atoms with Crippen molar-refractivity contribution in [2.45, 2.75) is 20.8 Å². The van der Waals surface area contributed by atoms with Gasteiger partial charge in [-0.15, -0.1) is 10.2 Å². The van der Waals surface area contributed by atoms with Gasteiger partial charge in [-0.3, -0.25) is 4.79 Å². The molecular formula is C12H15N5O. The van der Waals surface area contributed by atoms with Gasteiger partial charge in [0.25, 0.3) is 5.91 Å². The van der Waals surface area contributed by atoms with E-state index in [2.05, 4.69) is 20.7 Å². The molecule has 1 aromatic heterocycles. The summed E-state index contributed by atoms with van der Waals surface area (Å²) in [5.74, 6) is -0.272. The van der Waals surface area contributed by atoms with Gasteiger partial charge in [0.05, 0.1) is 0 Å². The van der Waals surface area contributed by atoms with Gasteiger partial charge < -0.3 is 11.1 Å². The van der Waals surface area contributed by atoms with Crippen LogP contribution in [-0.4, -0.2) is 21.3 Å². The first-order valence-corrected chi connectivity index (χ1v) is 5.54. The molecule has 6 heteroatoms. The summed E-state index contributed by atoms with van der Waals surface area (Å²) in [5.41, 5.74) is 9.58. The summed E-state index contributed by atoms with van der Waals surface area (Å²) >= 11 is 0.